The number of carbonyl (C=O) groups excluding carboxylic acids is 2. The summed E-state index contributed by atoms with van der Waals surface area (Å²) in [4.78, 5) is 26.9. The molecule has 0 fully saturated rings. The fraction of sp³-hybridized carbons (Fsp3) is 0.263. The van der Waals surface area contributed by atoms with Gasteiger partial charge in [0.15, 0.2) is 0 Å². The van der Waals surface area contributed by atoms with E-state index in [1.165, 1.54) is 37.1 Å². The molecule has 0 aliphatic carbocycles. The van der Waals surface area contributed by atoms with Crippen LogP contribution in [0.15, 0.2) is 47.4 Å². The third kappa shape index (κ3) is 4.16. The molecule has 1 aliphatic heterocycles. The average molecular weight is 375 g/mol. The van der Waals surface area contributed by atoms with Crippen molar-refractivity contribution in [1.82, 2.24) is 0 Å². The van der Waals surface area contributed by atoms with Crippen LogP contribution in [-0.2, 0) is 20.9 Å². The molecule has 2 aromatic carbocycles. The van der Waals surface area contributed by atoms with Crippen molar-refractivity contribution in [3.05, 3.63) is 53.8 Å². The van der Waals surface area contributed by atoms with Crippen LogP contribution in [0.25, 0.3) is 0 Å². The van der Waals surface area contributed by atoms with Gasteiger partial charge < -0.3 is 14.4 Å². The number of rotatable bonds is 6. The minimum atomic E-state index is -0.458. The Morgan fingerprint density at radius 3 is 2.88 bits per heavy atom. The third-order valence-corrected chi connectivity index (χ3v) is 5.03. The zero-order chi connectivity index (χ0) is 18.5. The van der Waals surface area contributed by atoms with Crippen molar-refractivity contribution >= 4 is 29.3 Å². The molecule has 0 saturated carbocycles. The number of hydrogen-bond acceptors (Lipinski definition) is 5. The molecule has 5 nitrogen and oxygen atoms in total. The molecule has 0 atom stereocenters. The second-order valence-electron chi connectivity index (χ2n) is 5.67. The van der Waals surface area contributed by atoms with E-state index in [2.05, 4.69) is 0 Å². The van der Waals surface area contributed by atoms with Crippen LogP contribution in [0.1, 0.15) is 12.0 Å². The smallest absolute Gasteiger partial charge is 0.307 e. The first-order chi connectivity index (χ1) is 12.6. The highest BCUT2D eigenvalue weighted by molar-refractivity contribution is 8.00. The molecule has 3 rings (SSSR count). The van der Waals surface area contributed by atoms with E-state index in [-0.39, 0.29) is 25.5 Å². The predicted octanol–water partition coefficient (Wildman–Crippen LogP) is 3.41. The van der Waals surface area contributed by atoms with Gasteiger partial charge in [0.1, 0.15) is 18.2 Å². The van der Waals surface area contributed by atoms with Crippen LogP contribution >= 0.6 is 11.8 Å². The number of benzene rings is 2. The maximum Gasteiger partial charge on any atom is 0.307 e. The van der Waals surface area contributed by atoms with E-state index < -0.39 is 11.8 Å². The normalized spacial score (nSPS) is 13.3. The number of amides is 1. The van der Waals surface area contributed by atoms with E-state index in [1.807, 2.05) is 24.3 Å². The van der Waals surface area contributed by atoms with Gasteiger partial charge in [-0.25, -0.2) is 4.39 Å². The van der Waals surface area contributed by atoms with Crippen molar-refractivity contribution in [1.29, 1.82) is 0 Å². The summed E-state index contributed by atoms with van der Waals surface area (Å²) in [5.41, 5.74) is 1.27. The molecule has 7 heteroatoms. The number of nitrogens with zero attached hydrogens (tertiary/aromatic N) is 1. The van der Waals surface area contributed by atoms with Gasteiger partial charge in [0, 0.05) is 17.0 Å². The van der Waals surface area contributed by atoms with Gasteiger partial charge in [0.25, 0.3) is 0 Å². The summed E-state index contributed by atoms with van der Waals surface area (Å²) in [5.74, 6) is -0.110. The first-order valence-corrected chi connectivity index (χ1v) is 9.07. The molecule has 2 aromatic rings. The lowest BCUT2D eigenvalue weighted by molar-refractivity contribution is -0.144. The average Bonchev–Trinajstić information content (AvgIpc) is 2.65. The van der Waals surface area contributed by atoms with Crippen molar-refractivity contribution in [2.24, 2.45) is 0 Å². The molecule has 0 spiro atoms. The molecule has 0 N–H and O–H groups in total. The van der Waals surface area contributed by atoms with Crippen molar-refractivity contribution in [2.45, 2.75) is 17.9 Å². The van der Waals surface area contributed by atoms with E-state index in [1.54, 1.807) is 4.90 Å². The van der Waals surface area contributed by atoms with Gasteiger partial charge in [-0.05, 0) is 30.3 Å². The van der Waals surface area contributed by atoms with Crippen LogP contribution < -0.4 is 9.64 Å². The third-order valence-electron chi connectivity index (χ3n) is 3.98. The summed E-state index contributed by atoms with van der Waals surface area (Å²) in [6.45, 7) is 0.162. The summed E-state index contributed by atoms with van der Waals surface area (Å²) >= 11 is 1.49. The van der Waals surface area contributed by atoms with Gasteiger partial charge in [-0.15, -0.1) is 11.8 Å². The minimum Gasteiger partial charge on any atom is -0.496 e. The highest BCUT2D eigenvalue weighted by Crippen LogP contribution is 2.34. The van der Waals surface area contributed by atoms with E-state index in [4.69, 9.17) is 9.47 Å². The SMILES string of the molecule is COc1ccc(F)cc1COC(=O)CCN1C(=O)CSc2ccccc21. The molecule has 0 aromatic heterocycles. The lowest BCUT2D eigenvalue weighted by Crippen LogP contribution is -2.37. The first kappa shape index (κ1) is 18.3. The lowest BCUT2D eigenvalue weighted by Gasteiger charge is -2.28. The Balaban J connectivity index is 1.58. The van der Waals surface area contributed by atoms with Gasteiger partial charge in [-0.3, -0.25) is 9.59 Å². The number of anilines is 1. The number of thioether (sulfide) groups is 1. The first-order valence-electron chi connectivity index (χ1n) is 8.08. The van der Waals surface area contributed by atoms with E-state index >= 15 is 0 Å². The van der Waals surface area contributed by atoms with Gasteiger partial charge in [0.05, 0.1) is 25.0 Å². The molecule has 1 aliphatic rings. The summed E-state index contributed by atoms with van der Waals surface area (Å²) in [6.07, 6.45) is 0.0579. The highest BCUT2D eigenvalue weighted by Gasteiger charge is 2.24. The minimum absolute atomic E-state index is 0.0340. The molecule has 0 radical (unpaired) electrons. The van der Waals surface area contributed by atoms with Gasteiger partial charge in [-0.2, -0.15) is 0 Å². The summed E-state index contributed by atoms with van der Waals surface area (Å²) in [7, 11) is 1.47. The summed E-state index contributed by atoms with van der Waals surface area (Å²) in [6, 6.07) is 11.6. The maximum atomic E-state index is 13.3. The van der Waals surface area contributed by atoms with Gasteiger partial charge >= 0.3 is 5.97 Å². The number of fused-ring (bicyclic) bond motifs is 1. The molecule has 0 bridgehead atoms. The molecular formula is C19H18FNO4S. The van der Waals surface area contributed by atoms with Crippen LogP contribution in [0.5, 0.6) is 5.75 Å². The van der Waals surface area contributed by atoms with Crippen LogP contribution in [0.2, 0.25) is 0 Å². The number of hydrogen-bond donors (Lipinski definition) is 0. The van der Waals surface area contributed by atoms with Crippen LogP contribution in [0.3, 0.4) is 0 Å². The Labute approximate surface area is 155 Å². The number of methoxy groups -OCH3 is 1. The van der Waals surface area contributed by atoms with Crippen molar-refractivity contribution in [3.63, 3.8) is 0 Å². The number of carbonyl (C=O) groups is 2. The van der Waals surface area contributed by atoms with Crippen LogP contribution in [-0.4, -0.2) is 31.3 Å². The number of para-hydroxylation sites is 1. The maximum absolute atomic E-state index is 13.3. The van der Waals surface area contributed by atoms with Gasteiger partial charge in [0.2, 0.25) is 5.91 Å². The Hall–Kier alpha value is -2.54. The number of ether oxygens (including phenoxy) is 2. The van der Waals surface area contributed by atoms with Crippen LogP contribution in [0.4, 0.5) is 10.1 Å². The molecule has 0 unspecified atom stereocenters. The fourth-order valence-corrected chi connectivity index (χ4v) is 3.63. The second-order valence-corrected chi connectivity index (χ2v) is 6.69. The van der Waals surface area contributed by atoms with E-state index in [0.717, 1.165) is 10.6 Å². The monoisotopic (exact) mass is 375 g/mol. The molecular weight excluding hydrogens is 357 g/mol. The zero-order valence-corrected chi connectivity index (χ0v) is 15.1. The number of esters is 1. The summed E-state index contributed by atoms with van der Waals surface area (Å²) in [5, 5.41) is 0. The standard InChI is InChI=1S/C19H18FNO4S/c1-24-16-7-6-14(20)10-13(16)11-25-19(23)8-9-21-15-4-2-3-5-17(15)26-12-18(21)22/h2-7,10H,8-9,11-12H2,1H3. The Morgan fingerprint density at radius 2 is 2.08 bits per heavy atom. The largest absolute Gasteiger partial charge is 0.496 e. The van der Waals surface area contributed by atoms with Crippen molar-refractivity contribution in [3.8, 4) is 5.75 Å². The summed E-state index contributed by atoms with van der Waals surface area (Å²) < 4.78 is 23.7. The van der Waals surface area contributed by atoms with Crippen LogP contribution in [0, 0.1) is 5.82 Å². The zero-order valence-electron chi connectivity index (χ0n) is 14.2. The van der Waals surface area contributed by atoms with Crippen molar-refractivity contribution in [2.75, 3.05) is 24.3 Å². The lowest BCUT2D eigenvalue weighted by atomic mass is 10.2. The van der Waals surface area contributed by atoms with E-state index in [0.29, 0.717) is 17.1 Å². The second kappa shape index (κ2) is 8.23. The number of halogens is 1. The topological polar surface area (TPSA) is 55.8 Å². The molecule has 0 saturated heterocycles. The molecule has 26 heavy (non-hydrogen) atoms. The predicted molar refractivity (Wildman–Crippen MR) is 96.9 cm³/mol. The molecule has 136 valence electrons. The molecule has 1 heterocycles. The quantitative estimate of drug-likeness (QED) is 0.725. The highest BCUT2D eigenvalue weighted by atomic mass is 32.2. The van der Waals surface area contributed by atoms with E-state index in [9.17, 15) is 14.0 Å². The Morgan fingerprint density at radius 1 is 1.27 bits per heavy atom. The van der Waals surface area contributed by atoms with Crippen molar-refractivity contribution < 1.29 is 23.5 Å². The fourth-order valence-electron chi connectivity index (χ4n) is 2.69. The molecule has 1 amide bonds. The van der Waals surface area contributed by atoms with Gasteiger partial charge in [-0.1, -0.05) is 12.1 Å². The Kier molecular flexibility index (Phi) is 5.78. The Bertz CT molecular complexity index is 827.